The van der Waals surface area contributed by atoms with Crippen LogP contribution in [0, 0.1) is 0 Å². The molecule has 0 aromatic heterocycles. The zero-order chi connectivity index (χ0) is 42.2. The lowest BCUT2D eigenvalue weighted by Gasteiger charge is -2.30. The van der Waals surface area contributed by atoms with E-state index < -0.39 is 29.6 Å². The molecule has 19 heteroatoms. The Morgan fingerprint density at radius 2 is 0.911 bits per heavy atom. The van der Waals surface area contributed by atoms with Gasteiger partial charge in [-0.1, -0.05) is 0 Å². The van der Waals surface area contributed by atoms with Crippen LogP contribution in [0.4, 0.5) is 0 Å². The third-order valence-electron chi connectivity index (χ3n) is 8.53. The van der Waals surface area contributed by atoms with Crippen molar-refractivity contribution in [1.29, 1.82) is 0 Å². The molecule has 0 aromatic carbocycles. The molecule has 324 valence electrons. The van der Waals surface area contributed by atoms with Gasteiger partial charge in [-0.15, -0.1) is 0 Å². The Balaban J connectivity index is 5.59. The van der Waals surface area contributed by atoms with E-state index in [9.17, 15) is 33.6 Å². The van der Waals surface area contributed by atoms with E-state index in [1.165, 1.54) is 0 Å². The van der Waals surface area contributed by atoms with Gasteiger partial charge in [-0.2, -0.15) is 50.5 Å². The number of ether oxygens (including phenoxy) is 1. The Labute approximate surface area is 356 Å². The number of hydrogen-bond acceptors (Lipinski definition) is 12. The highest BCUT2D eigenvalue weighted by Gasteiger charge is 2.30. The van der Waals surface area contributed by atoms with Crippen molar-refractivity contribution in [2.24, 2.45) is 0 Å². The predicted molar refractivity (Wildman–Crippen MR) is 234 cm³/mol. The summed E-state index contributed by atoms with van der Waals surface area (Å²) in [4.78, 5) is 88.8. The van der Waals surface area contributed by atoms with Crippen molar-refractivity contribution in [3.05, 3.63) is 0 Å². The summed E-state index contributed by atoms with van der Waals surface area (Å²) in [5.74, 6) is -0.504. The van der Waals surface area contributed by atoms with Gasteiger partial charge in [-0.25, -0.2) is 0 Å². The molecule has 0 saturated carbocycles. The van der Waals surface area contributed by atoms with Crippen LogP contribution < -0.4 is 37.2 Å². The van der Waals surface area contributed by atoms with Gasteiger partial charge in [0.2, 0.25) is 41.4 Å². The Hall–Kier alpha value is -2.35. The fraction of sp³-hybridized carbons (Fsp3) is 0.811. The van der Waals surface area contributed by atoms with Crippen LogP contribution in [0.15, 0.2) is 0 Å². The average molecular weight is 868 g/mol. The van der Waals surface area contributed by atoms with E-state index in [2.05, 4.69) is 87.7 Å². The second kappa shape index (κ2) is 33.6. The van der Waals surface area contributed by atoms with Gasteiger partial charge in [0.1, 0.15) is 18.1 Å². The molecule has 56 heavy (non-hydrogen) atoms. The summed E-state index contributed by atoms with van der Waals surface area (Å²) < 4.78 is 5.48. The largest absolute Gasteiger partial charge is 0.382 e. The van der Waals surface area contributed by atoms with Crippen molar-refractivity contribution in [2.75, 3.05) is 55.9 Å². The molecule has 0 aliphatic carbocycles. The van der Waals surface area contributed by atoms with Crippen LogP contribution in [-0.2, 0) is 38.3 Å². The lowest BCUT2D eigenvalue weighted by atomic mass is 9.99. The van der Waals surface area contributed by atoms with Gasteiger partial charge in [0.25, 0.3) is 0 Å². The van der Waals surface area contributed by atoms with E-state index in [1.807, 2.05) is 20.8 Å². The minimum atomic E-state index is -0.934. The SMILES string of the molecule is CCOCCC(C)(C)NC(=O)C(CCCCNC(=O)C(CCCCNC(=O)CCS)NC(=O)CCS)NC(=O)C(CCCCNC(=O)CCS)NC(=O)CCS. The molecule has 7 amide bonds. The molecule has 0 heterocycles. The van der Waals surface area contributed by atoms with E-state index >= 15 is 0 Å². The van der Waals surface area contributed by atoms with Crippen molar-refractivity contribution < 1.29 is 38.3 Å². The van der Waals surface area contributed by atoms with Gasteiger partial charge in [0, 0.05) is 64.1 Å². The Bertz CT molecular complexity index is 1190. The maximum Gasteiger partial charge on any atom is 0.243 e. The van der Waals surface area contributed by atoms with Crippen molar-refractivity contribution in [2.45, 2.75) is 134 Å². The number of rotatable bonds is 34. The molecule has 0 aliphatic heterocycles. The molecule has 0 fully saturated rings. The summed E-state index contributed by atoms with van der Waals surface area (Å²) in [5.41, 5.74) is -0.634. The molecule has 0 bridgehead atoms. The van der Waals surface area contributed by atoms with E-state index in [0.717, 1.165) is 0 Å². The highest BCUT2D eigenvalue weighted by molar-refractivity contribution is 7.80. The van der Waals surface area contributed by atoms with Crippen LogP contribution >= 0.6 is 50.5 Å². The van der Waals surface area contributed by atoms with E-state index in [4.69, 9.17) is 4.74 Å². The normalized spacial score (nSPS) is 12.8. The smallest absolute Gasteiger partial charge is 0.243 e. The van der Waals surface area contributed by atoms with Crippen molar-refractivity contribution >= 4 is 91.9 Å². The Morgan fingerprint density at radius 3 is 1.34 bits per heavy atom. The van der Waals surface area contributed by atoms with Gasteiger partial charge in [-0.3, -0.25) is 33.6 Å². The van der Waals surface area contributed by atoms with Crippen LogP contribution in [-0.4, -0.2) is 121 Å². The van der Waals surface area contributed by atoms with Gasteiger partial charge >= 0.3 is 0 Å². The summed E-state index contributed by atoms with van der Waals surface area (Å²) >= 11 is 16.4. The summed E-state index contributed by atoms with van der Waals surface area (Å²) in [6.45, 7) is 7.77. The first-order valence-corrected chi connectivity index (χ1v) is 22.3. The topological polar surface area (TPSA) is 213 Å². The van der Waals surface area contributed by atoms with Crippen LogP contribution in [0.3, 0.4) is 0 Å². The summed E-state index contributed by atoms with van der Waals surface area (Å²) in [5, 5.41) is 19.9. The zero-order valence-electron chi connectivity index (χ0n) is 33.6. The highest BCUT2D eigenvalue weighted by Crippen LogP contribution is 2.12. The lowest BCUT2D eigenvalue weighted by Crippen LogP contribution is -2.56. The Morgan fingerprint density at radius 1 is 0.518 bits per heavy atom. The summed E-state index contributed by atoms with van der Waals surface area (Å²) in [7, 11) is 0. The molecule has 3 atom stereocenters. The third-order valence-corrected chi connectivity index (χ3v) is 9.43. The molecule has 7 N–H and O–H groups in total. The number of carbonyl (C=O) groups excluding carboxylic acids is 7. The van der Waals surface area contributed by atoms with E-state index in [-0.39, 0.29) is 61.3 Å². The first kappa shape index (κ1) is 53.6. The zero-order valence-corrected chi connectivity index (χ0v) is 37.1. The second-order valence-electron chi connectivity index (χ2n) is 14.0. The fourth-order valence-electron chi connectivity index (χ4n) is 5.36. The van der Waals surface area contributed by atoms with Crippen LogP contribution in [0.5, 0.6) is 0 Å². The molecule has 0 rings (SSSR count). The molecular weight excluding hydrogens is 799 g/mol. The van der Waals surface area contributed by atoms with Crippen molar-refractivity contribution in [3.8, 4) is 0 Å². The highest BCUT2D eigenvalue weighted by atomic mass is 32.1. The number of unbranched alkanes of at least 4 members (excludes halogenated alkanes) is 3. The summed E-state index contributed by atoms with van der Waals surface area (Å²) in [6.07, 6.45) is 5.69. The third kappa shape index (κ3) is 28.1. The molecule has 15 nitrogen and oxygen atoms in total. The predicted octanol–water partition coefficient (Wildman–Crippen LogP) is 1.90. The minimum Gasteiger partial charge on any atom is -0.382 e. The lowest BCUT2D eigenvalue weighted by molar-refractivity contribution is -0.133. The van der Waals surface area contributed by atoms with Gasteiger partial charge < -0.3 is 42.0 Å². The van der Waals surface area contributed by atoms with E-state index in [1.54, 1.807) is 0 Å². The molecule has 0 saturated heterocycles. The monoisotopic (exact) mass is 867 g/mol. The van der Waals surface area contributed by atoms with Crippen molar-refractivity contribution in [1.82, 2.24) is 37.2 Å². The molecule has 0 aliphatic rings. The first-order valence-electron chi connectivity index (χ1n) is 19.8. The number of hydrogen-bond donors (Lipinski definition) is 11. The number of carbonyl (C=O) groups is 7. The van der Waals surface area contributed by atoms with Gasteiger partial charge in [0.15, 0.2) is 0 Å². The molecular formula is C37H69N7O8S4. The van der Waals surface area contributed by atoms with Crippen molar-refractivity contribution in [3.63, 3.8) is 0 Å². The summed E-state index contributed by atoms with van der Waals surface area (Å²) in [6, 6.07) is -2.60. The van der Waals surface area contributed by atoms with Gasteiger partial charge in [0.05, 0.1) is 0 Å². The first-order chi connectivity index (χ1) is 26.7. The standard InChI is InChI=1S/C37H69N7O8S4/c1-4-52-22-18-37(2,3)44-36(51)29(43-35(50)28(42-33(48)17-26-56)12-6-9-20-39-31(46)15-24-54)13-7-10-21-40-34(49)27(41-32(47)16-25-55)11-5-8-19-38-30(45)14-23-53/h27-29,53-56H,4-26H2,1-3H3,(H,38,45)(H,39,46)(H,40,49)(H,41,47)(H,42,48)(H,43,50)(H,44,51). The van der Waals surface area contributed by atoms with E-state index in [0.29, 0.717) is 120 Å². The Kier molecular flexibility index (Phi) is 32.2. The fourth-order valence-corrected chi connectivity index (χ4v) is 6.17. The molecule has 0 spiro atoms. The quantitative estimate of drug-likeness (QED) is 0.0339. The minimum absolute atomic E-state index is 0.0873. The number of nitrogens with one attached hydrogen (secondary N) is 7. The van der Waals surface area contributed by atoms with Gasteiger partial charge in [-0.05, 0) is 108 Å². The van der Waals surface area contributed by atoms with Crippen LogP contribution in [0.2, 0.25) is 0 Å². The average Bonchev–Trinajstić information content (AvgIpc) is 3.13. The maximum absolute atomic E-state index is 13.7. The number of amides is 7. The number of thiol groups is 4. The van der Waals surface area contributed by atoms with Crippen LogP contribution in [0.1, 0.15) is 111 Å². The second-order valence-corrected chi connectivity index (χ2v) is 15.8. The van der Waals surface area contributed by atoms with Crippen LogP contribution in [0.25, 0.3) is 0 Å². The maximum atomic E-state index is 13.7. The molecule has 0 radical (unpaired) electrons. The molecule has 0 aromatic rings. The molecule has 3 unspecified atom stereocenters.